The Morgan fingerprint density at radius 2 is 1.25 bits per heavy atom. The maximum atomic E-state index is 12.2. The molecule has 0 aliphatic heterocycles. The van der Waals surface area contributed by atoms with E-state index in [-0.39, 0.29) is 0 Å². The third kappa shape index (κ3) is 10.8. The van der Waals surface area contributed by atoms with Gasteiger partial charge in [0.05, 0.1) is 0 Å². The average Bonchev–Trinajstić information content (AvgIpc) is 2.60. The molecule has 0 atom stereocenters. The number of hydrogen-bond donors (Lipinski definition) is 0. The van der Waals surface area contributed by atoms with Crippen molar-refractivity contribution in [1.29, 1.82) is 0 Å². The second-order valence-corrected chi connectivity index (χ2v) is 13.9. The topological polar surface area (TPSA) is 34.1 Å². The third-order valence-corrected chi connectivity index (χ3v) is 12.9. The molecule has 0 aliphatic rings. The van der Waals surface area contributed by atoms with E-state index in [1.54, 1.807) is 12.1 Å². The second-order valence-electron chi connectivity index (χ2n) is 6.61. The normalized spacial score (nSPS) is 11.7. The van der Waals surface area contributed by atoms with Gasteiger partial charge in [-0.2, -0.15) is 0 Å². The summed E-state index contributed by atoms with van der Waals surface area (Å²) in [5, 5.41) is 0. The van der Waals surface area contributed by atoms with Gasteiger partial charge in [0.15, 0.2) is 0 Å². The molecule has 0 unspecified atom stereocenters. The van der Waals surface area contributed by atoms with Crippen molar-refractivity contribution < 1.29 is 8.42 Å². The Morgan fingerprint density at radius 1 is 0.750 bits per heavy atom. The molecule has 0 aromatic heterocycles. The minimum absolute atomic E-state index is 0.456. The van der Waals surface area contributed by atoms with E-state index in [0.717, 1.165) is 0 Å². The van der Waals surface area contributed by atoms with Gasteiger partial charge in [-0.3, -0.25) is 0 Å². The van der Waals surface area contributed by atoms with E-state index in [1.807, 2.05) is 18.2 Å². The Balaban J connectivity index is 1.92. The molecule has 0 saturated heterocycles. The fourth-order valence-electron chi connectivity index (χ4n) is 2.83. The van der Waals surface area contributed by atoms with Crippen molar-refractivity contribution in [3.05, 3.63) is 30.3 Å². The van der Waals surface area contributed by atoms with Crippen LogP contribution < -0.4 is 0 Å². The van der Waals surface area contributed by atoms with Gasteiger partial charge in [-0.25, -0.2) is 0 Å². The molecule has 2 nitrogen and oxygen atoms in total. The van der Waals surface area contributed by atoms with Crippen molar-refractivity contribution in [1.82, 2.24) is 0 Å². The van der Waals surface area contributed by atoms with Crippen molar-refractivity contribution in [2.24, 2.45) is 0 Å². The van der Waals surface area contributed by atoms with Crippen molar-refractivity contribution in [3.8, 4) is 0 Å². The number of hydrogen-bond acceptors (Lipinski definition) is 2. The average molecular weight is 457 g/mol. The summed E-state index contributed by atoms with van der Waals surface area (Å²) >= 11 is -0.764. The van der Waals surface area contributed by atoms with E-state index in [0.29, 0.717) is 8.66 Å². The zero-order valence-corrected chi connectivity index (χ0v) is 19.0. The molecule has 1 aromatic rings. The molecule has 1 rings (SSSR count). The molecule has 24 heavy (non-hydrogen) atoms. The molecule has 4 heteroatoms. The predicted molar refractivity (Wildman–Crippen MR) is 106 cm³/mol. The maximum absolute atomic E-state index is 12.2. The Hall–Kier alpha value is -0.0313. The van der Waals surface area contributed by atoms with Crippen LogP contribution in [0.2, 0.25) is 4.44 Å². The van der Waals surface area contributed by atoms with Gasteiger partial charge in [0.2, 0.25) is 0 Å². The van der Waals surface area contributed by atoms with Crippen LogP contribution >= 0.6 is 0 Å². The van der Waals surface area contributed by atoms with Crippen molar-refractivity contribution in [2.75, 3.05) is 3.77 Å². The molecule has 136 valence electrons. The quantitative estimate of drug-likeness (QED) is 0.245. The fraction of sp³-hybridized carbons (Fsp3) is 0.700. The molecule has 1 aromatic carbocycles. The summed E-state index contributed by atoms with van der Waals surface area (Å²) < 4.78 is 26.0. The van der Waals surface area contributed by atoms with Crippen LogP contribution in [0.3, 0.4) is 0 Å². The second kappa shape index (κ2) is 14.2. The molecule has 0 amide bonds. The summed E-state index contributed by atoms with van der Waals surface area (Å²) in [5.41, 5.74) is 0. The van der Waals surface area contributed by atoms with E-state index >= 15 is 0 Å². The number of rotatable bonds is 15. The molecule has 0 bridgehead atoms. The minimum atomic E-state index is -3.00. The first-order valence-electron chi connectivity index (χ1n) is 9.65. The van der Waals surface area contributed by atoms with E-state index in [4.69, 9.17) is 0 Å². The summed E-state index contributed by atoms with van der Waals surface area (Å²) in [6, 6.07) is 8.92. The number of unbranched alkanes of at least 4 members (excludes halogenated alkanes) is 10. The van der Waals surface area contributed by atoms with Gasteiger partial charge in [0.25, 0.3) is 0 Å². The van der Waals surface area contributed by atoms with Gasteiger partial charge in [-0.15, -0.1) is 0 Å². The molecular weight excluding hydrogens is 423 g/mol. The molecule has 0 spiro atoms. The molecule has 0 heterocycles. The molecular formula is C20H34O2SSn. The number of benzene rings is 1. The van der Waals surface area contributed by atoms with Crippen LogP contribution in [-0.2, 0) is 9.84 Å². The van der Waals surface area contributed by atoms with Crippen LogP contribution in [0.5, 0.6) is 0 Å². The van der Waals surface area contributed by atoms with Gasteiger partial charge >= 0.3 is 153 Å². The summed E-state index contributed by atoms with van der Waals surface area (Å²) in [7, 11) is -3.00. The summed E-state index contributed by atoms with van der Waals surface area (Å²) in [6.45, 7) is 2.26. The summed E-state index contributed by atoms with van der Waals surface area (Å²) in [4.78, 5) is 0.504. The zero-order valence-electron chi connectivity index (χ0n) is 15.3. The van der Waals surface area contributed by atoms with Crippen LogP contribution in [-0.4, -0.2) is 33.3 Å². The summed E-state index contributed by atoms with van der Waals surface area (Å²) in [5.74, 6) is 0. The van der Waals surface area contributed by atoms with Crippen LogP contribution in [0.25, 0.3) is 0 Å². The van der Waals surface area contributed by atoms with Crippen molar-refractivity contribution in [3.63, 3.8) is 0 Å². The van der Waals surface area contributed by atoms with Gasteiger partial charge < -0.3 is 0 Å². The van der Waals surface area contributed by atoms with Crippen molar-refractivity contribution >= 4 is 31.0 Å². The van der Waals surface area contributed by atoms with Gasteiger partial charge in [0.1, 0.15) is 0 Å². The van der Waals surface area contributed by atoms with E-state index < -0.39 is 31.0 Å². The van der Waals surface area contributed by atoms with Crippen molar-refractivity contribution in [2.45, 2.75) is 86.9 Å². The standard InChI is InChI=1S/C13H27.C7H7O2S.Sn/c1-3-5-7-9-11-13-12-10-8-6-4-2;1-10(8,9)7-5-3-2-4-6-7;/h1,3-13H2,2H3;2-6H,1H2;. The molecule has 0 aliphatic carbocycles. The zero-order chi connectivity index (χ0) is 17.5. The first kappa shape index (κ1) is 22.0. The van der Waals surface area contributed by atoms with E-state index in [1.165, 1.54) is 75.1 Å². The van der Waals surface area contributed by atoms with Crippen LogP contribution in [0.1, 0.15) is 77.6 Å². The Labute approximate surface area is 160 Å². The molecule has 2 radical (unpaired) electrons. The van der Waals surface area contributed by atoms with E-state index in [2.05, 4.69) is 6.92 Å². The predicted octanol–water partition coefficient (Wildman–Crippen LogP) is 5.85. The van der Waals surface area contributed by atoms with Gasteiger partial charge in [0, 0.05) is 0 Å². The first-order chi connectivity index (χ1) is 11.7. The van der Waals surface area contributed by atoms with Crippen LogP contribution in [0.15, 0.2) is 35.2 Å². The number of sulfone groups is 1. The molecule has 0 N–H and O–H groups in total. The van der Waals surface area contributed by atoms with Gasteiger partial charge in [-0.1, -0.05) is 6.92 Å². The summed E-state index contributed by atoms with van der Waals surface area (Å²) in [6.07, 6.45) is 15.0. The first-order valence-corrected chi connectivity index (χ1v) is 15.3. The molecule has 0 fully saturated rings. The fourth-order valence-corrected chi connectivity index (χ4v) is 10.4. The third-order valence-electron chi connectivity index (χ3n) is 4.35. The molecule has 0 saturated carbocycles. The Bertz CT molecular complexity index is 500. The van der Waals surface area contributed by atoms with Crippen LogP contribution in [0.4, 0.5) is 0 Å². The van der Waals surface area contributed by atoms with Crippen LogP contribution in [0, 0.1) is 0 Å². The van der Waals surface area contributed by atoms with E-state index in [9.17, 15) is 8.42 Å². The SMILES string of the molecule is CCCCCCCCCCCC[CH2][Sn][CH2]S(=O)(=O)c1ccccc1. The monoisotopic (exact) mass is 458 g/mol. The Morgan fingerprint density at radius 3 is 1.79 bits per heavy atom. The van der Waals surface area contributed by atoms with Gasteiger partial charge in [-0.05, 0) is 0 Å². The Kier molecular flexibility index (Phi) is 13.0.